The summed E-state index contributed by atoms with van der Waals surface area (Å²) in [5.41, 5.74) is 3.65. The molecule has 0 saturated heterocycles. The molecule has 1 aliphatic heterocycles. The van der Waals surface area contributed by atoms with Gasteiger partial charge >= 0.3 is 0 Å². The lowest BCUT2D eigenvalue weighted by molar-refractivity contribution is 0.350. The largest absolute Gasteiger partial charge is 0.493 e. The fourth-order valence-electron chi connectivity index (χ4n) is 2.78. The van der Waals surface area contributed by atoms with Gasteiger partial charge < -0.3 is 10.1 Å². The Morgan fingerprint density at radius 1 is 1.29 bits per heavy atom. The SMILES string of the molecule is CCNC(c1ccc(Cl)cc1)c1cc(Br)cc2c1OCC2. The van der Waals surface area contributed by atoms with Gasteiger partial charge in [-0.3, -0.25) is 0 Å². The highest BCUT2D eigenvalue weighted by atomic mass is 79.9. The average molecular weight is 367 g/mol. The quantitative estimate of drug-likeness (QED) is 0.844. The number of hydrogen-bond donors (Lipinski definition) is 1. The van der Waals surface area contributed by atoms with E-state index in [1.165, 1.54) is 16.7 Å². The van der Waals surface area contributed by atoms with E-state index in [1.807, 2.05) is 12.1 Å². The summed E-state index contributed by atoms with van der Waals surface area (Å²) >= 11 is 9.62. The molecule has 0 aromatic heterocycles. The van der Waals surface area contributed by atoms with E-state index < -0.39 is 0 Å². The maximum Gasteiger partial charge on any atom is 0.127 e. The standard InChI is InChI=1S/C17H17BrClNO/c1-2-20-16(11-3-5-14(19)6-4-11)15-10-13(18)9-12-7-8-21-17(12)15/h3-6,9-10,16,20H,2,7-8H2,1H3. The van der Waals surface area contributed by atoms with E-state index in [1.54, 1.807) is 0 Å². The smallest absolute Gasteiger partial charge is 0.127 e. The number of ether oxygens (including phenoxy) is 1. The summed E-state index contributed by atoms with van der Waals surface area (Å²) in [6, 6.07) is 12.4. The molecular weight excluding hydrogens is 350 g/mol. The minimum absolute atomic E-state index is 0.108. The van der Waals surface area contributed by atoms with Gasteiger partial charge in [0.05, 0.1) is 12.6 Å². The predicted octanol–water partition coefficient (Wildman–Crippen LogP) is 4.74. The molecule has 0 bridgehead atoms. The molecule has 2 aromatic rings. The van der Waals surface area contributed by atoms with Gasteiger partial charge in [0, 0.05) is 21.5 Å². The van der Waals surface area contributed by atoms with Crippen molar-refractivity contribution in [3.05, 3.63) is 62.6 Å². The van der Waals surface area contributed by atoms with Crippen molar-refractivity contribution in [2.24, 2.45) is 0 Å². The van der Waals surface area contributed by atoms with Crippen LogP contribution in [0.25, 0.3) is 0 Å². The Balaban J connectivity index is 2.07. The Morgan fingerprint density at radius 2 is 2.05 bits per heavy atom. The van der Waals surface area contributed by atoms with Gasteiger partial charge in [-0.15, -0.1) is 0 Å². The Hall–Kier alpha value is -1.03. The zero-order valence-corrected chi connectivity index (χ0v) is 14.2. The molecule has 0 spiro atoms. The lowest BCUT2D eigenvalue weighted by atomic mass is 9.96. The van der Waals surface area contributed by atoms with E-state index in [9.17, 15) is 0 Å². The lowest BCUT2D eigenvalue weighted by Crippen LogP contribution is -2.22. The van der Waals surface area contributed by atoms with E-state index in [0.717, 1.165) is 34.8 Å². The molecule has 0 saturated carbocycles. The fourth-order valence-corrected chi connectivity index (χ4v) is 3.43. The Bertz CT molecular complexity index is 642. The van der Waals surface area contributed by atoms with Crippen LogP contribution in [0.1, 0.15) is 29.7 Å². The van der Waals surface area contributed by atoms with Crippen LogP contribution in [0.5, 0.6) is 5.75 Å². The van der Waals surface area contributed by atoms with Crippen LogP contribution in [0, 0.1) is 0 Å². The van der Waals surface area contributed by atoms with Crippen molar-refractivity contribution in [3.8, 4) is 5.75 Å². The molecule has 0 fully saturated rings. The van der Waals surface area contributed by atoms with E-state index in [4.69, 9.17) is 16.3 Å². The van der Waals surface area contributed by atoms with E-state index in [-0.39, 0.29) is 6.04 Å². The van der Waals surface area contributed by atoms with Crippen molar-refractivity contribution < 1.29 is 4.74 Å². The maximum absolute atomic E-state index is 6.01. The second kappa shape index (κ2) is 6.39. The molecule has 4 heteroatoms. The van der Waals surface area contributed by atoms with Gasteiger partial charge in [0.1, 0.15) is 5.75 Å². The number of hydrogen-bond acceptors (Lipinski definition) is 2. The summed E-state index contributed by atoms with van der Waals surface area (Å²) in [7, 11) is 0. The van der Waals surface area contributed by atoms with Crippen molar-refractivity contribution in [2.75, 3.05) is 13.2 Å². The Kier molecular flexibility index (Phi) is 4.53. The average Bonchev–Trinajstić information content (AvgIpc) is 2.93. The third kappa shape index (κ3) is 3.10. The minimum Gasteiger partial charge on any atom is -0.493 e. The lowest BCUT2D eigenvalue weighted by Gasteiger charge is -2.21. The Labute approximate surface area is 138 Å². The predicted molar refractivity (Wildman–Crippen MR) is 90.3 cm³/mol. The maximum atomic E-state index is 6.01. The number of fused-ring (bicyclic) bond motifs is 1. The first-order valence-electron chi connectivity index (χ1n) is 7.13. The molecule has 110 valence electrons. The normalized spacial score (nSPS) is 14.6. The summed E-state index contributed by atoms with van der Waals surface area (Å²) in [5, 5.41) is 4.30. The van der Waals surface area contributed by atoms with Crippen molar-refractivity contribution in [1.29, 1.82) is 0 Å². The second-order valence-electron chi connectivity index (χ2n) is 5.12. The summed E-state index contributed by atoms with van der Waals surface area (Å²) in [4.78, 5) is 0. The molecule has 1 N–H and O–H groups in total. The molecule has 0 amide bonds. The molecule has 1 unspecified atom stereocenters. The van der Waals surface area contributed by atoms with Crippen molar-refractivity contribution in [3.63, 3.8) is 0 Å². The molecular formula is C17H17BrClNO. The van der Waals surface area contributed by atoms with Gasteiger partial charge in [-0.25, -0.2) is 0 Å². The number of nitrogens with one attached hydrogen (secondary N) is 1. The number of halogens is 2. The Morgan fingerprint density at radius 3 is 2.76 bits per heavy atom. The molecule has 1 heterocycles. The minimum atomic E-state index is 0.108. The molecule has 3 rings (SSSR count). The van der Waals surface area contributed by atoms with E-state index >= 15 is 0 Å². The number of rotatable bonds is 4. The zero-order valence-electron chi connectivity index (χ0n) is 11.8. The summed E-state index contributed by atoms with van der Waals surface area (Å²) in [5.74, 6) is 1.03. The number of benzene rings is 2. The van der Waals surface area contributed by atoms with Crippen LogP contribution in [0.15, 0.2) is 40.9 Å². The molecule has 0 radical (unpaired) electrons. The van der Waals surface area contributed by atoms with Crippen LogP contribution in [-0.4, -0.2) is 13.2 Å². The van der Waals surface area contributed by atoms with E-state index in [2.05, 4.69) is 52.4 Å². The summed E-state index contributed by atoms with van der Waals surface area (Å²) < 4.78 is 6.97. The highest BCUT2D eigenvalue weighted by Gasteiger charge is 2.24. The van der Waals surface area contributed by atoms with Crippen LogP contribution in [0.3, 0.4) is 0 Å². The highest BCUT2D eigenvalue weighted by Crippen LogP contribution is 2.38. The van der Waals surface area contributed by atoms with Crippen LogP contribution < -0.4 is 10.1 Å². The van der Waals surface area contributed by atoms with Crippen LogP contribution >= 0.6 is 27.5 Å². The monoisotopic (exact) mass is 365 g/mol. The van der Waals surface area contributed by atoms with Gasteiger partial charge in [-0.1, -0.05) is 46.6 Å². The van der Waals surface area contributed by atoms with E-state index in [0.29, 0.717) is 0 Å². The third-order valence-electron chi connectivity index (χ3n) is 3.70. The van der Waals surface area contributed by atoms with Gasteiger partial charge in [-0.2, -0.15) is 0 Å². The van der Waals surface area contributed by atoms with Crippen molar-refractivity contribution in [1.82, 2.24) is 5.32 Å². The first-order valence-corrected chi connectivity index (χ1v) is 8.30. The van der Waals surface area contributed by atoms with Crippen molar-refractivity contribution in [2.45, 2.75) is 19.4 Å². The first kappa shape index (κ1) is 14.9. The molecule has 2 nitrogen and oxygen atoms in total. The van der Waals surface area contributed by atoms with Gasteiger partial charge in [0.2, 0.25) is 0 Å². The molecule has 1 aliphatic rings. The zero-order chi connectivity index (χ0) is 14.8. The van der Waals surface area contributed by atoms with Crippen molar-refractivity contribution >= 4 is 27.5 Å². The van der Waals surface area contributed by atoms with Crippen LogP contribution in [0.2, 0.25) is 5.02 Å². The topological polar surface area (TPSA) is 21.3 Å². The summed E-state index contributed by atoms with van der Waals surface area (Å²) in [6.07, 6.45) is 0.973. The highest BCUT2D eigenvalue weighted by molar-refractivity contribution is 9.10. The molecule has 2 aromatic carbocycles. The van der Waals surface area contributed by atoms with Gasteiger partial charge in [0.25, 0.3) is 0 Å². The first-order chi connectivity index (χ1) is 10.2. The van der Waals surface area contributed by atoms with Crippen LogP contribution in [-0.2, 0) is 6.42 Å². The molecule has 1 atom stereocenters. The molecule has 21 heavy (non-hydrogen) atoms. The summed E-state index contributed by atoms with van der Waals surface area (Å²) in [6.45, 7) is 3.76. The van der Waals surface area contributed by atoms with Gasteiger partial charge in [0.15, 0.2) is 0 Å². The van der Waals surface area contributed by atoms with Crippen LogP contribution in [0.4, 0.5) is 0 Å². The molecule has 0 aliphatic carbocycles. The second-order valence-corrected chi connectivity index (χ2v) is 6.48. The fraction of sp³-hybridized carbons (Fsp3) is 0.294. The van der Waals surface area contributed by atoms with Gasteiger partial charge in [-0.05, 0) is 41.9 Å². The third-order valence-corrected chi connectivity index (χ3v) is 4.41.